The molecule has 0 heterocycles. The molecule has 0 aromatic heterocycles. The van der Waals surface area contributed by atoms with Crippen LogP contribution >= 0.6 is 0 Å². The summed E-state index contributed by atoms with van der Waals surface area (Å²) < 4.78 is 5.19. The Labute approximate surface area is 113 Å². The number of carbonyl (C=O) groups is 2. The van der Waals surface area contributed by atoms with Crippen molar-refractivity contribution in [3.8, 4) is 0 Å². The van der Waals surface area contributed by atoms with E-state index in [9.17, 15) is 9.59 Å². The van der Waals surface area contributed by atoms with Gasteiger partial charge in [0.1, 0.15) is 0 Å². The molecule has 1 N–H and O–H groups in total. The molecule has 0 aliphatic heterocycles. The molecule has 19 heavy (non-hydrogen) atoms. The number of likely N-dealkylation sites (N-methyl/N-ethyl adjacent to an activating group) is 1. The van der Waals surface area contributed by atoms with Crippen LogP contribution in [0.1, 0.15) is 24.2 Å². The first-order valence-corrected chi connectivity index (χ1v) is 6.25. The second kappa shape index (κ2) is 7.53. The number of nitrogens with one attached hydrogen (secondary N) is 1. The maximum Gasteiger partial charge on any atom is 0.321 e. The Bertz CT molecular complexity index is 446. The third-order valence-electron chi connectivity index (χ3n) is 2.64. The highest BCUT2D eigenvalue weighted by Crippen LogP contribution is 2.11. The zero-order valence-electron chi connectivity index (χ0n) is 11.6. The largest absolute Gasteiger partial charge is 0.380 e. The van der Waals surface area contributed by atoms with Crippen LogP contribution in [0, 0.1) is 0 Å². The lowest BCUT2D eigenvalue weighted by atomic mass is 10.1. The van der Waals surface area contributed by atoms with Gasteiger partial charge >= 0.3 is 6.03 Å². The van der Waals surface area contributed by atoms with Crippen molar-refractivity contribution in [3.05, 3.63) is 29.8 Å². The lowest BCUT2D eigenvalue weighted by Gasteiger charge is -2.17. The molecule has 0 fully saturated rings. The molecule has 0 unspecified atom stereocenters. The Hall–Kier alpha value is -1.88. The number of ketones is 1. The third-order valence-corrected chi connectivity index (χ3v) is 2.64. The molecule has 0 bridgehead atoms. The van der Waals surface area contributed by atoms with Crippen molar-refractivity contribution in [2.45, 2.75) is 13.8 Å². The predicted molar refractivity (Wildman–Crippen MR) is 74.6 cm³/mol. The number of Topliss-reactive ketones (excluding diaryl/α,β-unsaturated/α-hetero) is 1. The standard InChI is InChI=1S/C14H20N2O3/c1-4-19-9-8-16(3)14(18)15-13-7-5-6-12(10-13)11(2)17/h5-7,10H,4,8-9H2,1-3H3,(H,15,18). The molecular weight excluding hydrogens is 244 g/mol. The van der Waals surface area contributed by atoms with E-state index < -0.39 is 0 Å². The fourth-order valence-corrected chi connectivity index (χ4v) is 1.48. The number of benzene rings is 1. The molecule has 5 heteroatoms. The molecule has 0 radical (unpaired) electrons. The van der Waals surface area contributed by atoms with Crippen LogP contribution in [0.3, 0.4) is 0 Å². The predicted octanol–water partition coefficient (Wildman–Crippen LogP) is 2.39. The summed E-state index contributed by atoms with van der Waals surface area (Å²) in [5.41, 5.74) is 1.19. The van der Waals surface area contributed by atoms with Crippen molar-refractivity contribution in [3.63, 3.8) is 0 Å². The Morgan fingerprint density at radius 3 is 2.74 bits per heavy atom. The van der Waals surface area contributed by atoms with Crippen LogP contribution in [-0.4, -0.2) is 43.5 Å². The molecule has 1 rings (SSSR count). The SMILES string of the molecule is CCOCCN(C)C(=O)Nc1cccc(C(C)=O)c1. The molecule has 1 aromatic rings. The van der Waals surface area contributed by atoms with E-state index in [2.05, 4.69) is 5.32 Å². The second-order valence-corrected chi connectivity index (χ2v) is 4.19. The van der Waals surface area contributed by atoms with E-state index in [1.54, 1.807) is 31.3 Å². The summed E-state index contributed by atoms with van der Waals surface area (Å²) in [4.78, 5) is 24.7. The normalized spacial score (nSPS) is 10.1. The number of anilines is 1. The van der Waals surface area contributed by atoms with Crippen LogP contribution in [0.2, 0.25) is 0 Å². The Balaban J connectivity index is 2.56. The molecule has 1 aromatic carbocycles. The van der Waals surface area contributed by atoms with Gasteiger partial charge in [0.15, 0.2) is 5.78 Å². The minimum Gasteiger partial charge on any atom is -0.380 e. The lowest BCUT2D eigenvalue weighted by molar-refractivity contribution is 0.101. The first-order valence-electron chi connectivity index (χ1n) is 6.25. The van der Waals surface area contributed by atoms with Gasteiger partial charge in [-0.3, -0.25) is 4.79 Å². The number of rotatable bonds is 6. The number of hydrogen-bond donors (Lipinski definition) is 1. The molecule has 0 aliphatic rings. The van der Waals surface area contributed by atoms with Crippen molar-refractivity contribution in [1.82, 2.24) is 4.90 Å². The number of ether oxygens (including phenoxy) is 1. The summed E-state index contributed by atoms with van der Waals surface area (Å²) in [6, 6.07) is 6.65. The number of nitrogens with zero attached hydrogens (tertiary/aromatic N) is 1. The average Bonchev–Trinajstić information content (AvgIpc) is 2.39. The van der Waals surface area contributed by atoms with E-state index in [1.165, 1.54) is 11.8 Å². The number of carbonyl (C=O) groups excluding carboxylic acids is 2. The van der Waals surface area contributed by atoms with Crippen LogP contribution < -0.4 is 5.32 Å². The summed E-state index contributed by atoms with van der Waals surface area (Å²) in [6.07, 6.45) is 0. The molecule has 0 aliphatic carbocycles. The van der Waals surface area contributed by atoms with Crippen molar-refractivity contribution < 1.29 is 14.3 Å². The van der Waals surface area contributed by atoms with Crippen LogP contribution in [-0.2, 0) is 4.74 Å². The van der Waals surface area contributed by atoms with Crippen LogP contribution in [0.4, 0.5) is 10.5 Å². The van der Waals surface area contributed by atoms with Gasteiger partial charge in [-0.2, -0.15) is 0 Å². The monoisotopic (exact) mass is 264 g/mol. The highest BCUT2D eigenvalue weighted by atomic mass is 16.5. The number of hydrogen-bond acceptors (Lipinski definition) is 3. The van der Waals surface area contributed by atoms with E-state index in [-0.39, 0.29) is 11.8 Å². The van der Waals surface area contributed by atoms with Crippen LogP contribution in [0.15, 0.2) is 24.3 Å². The first-order chi connectivity index (χ1) is 9.04. The second-order valence-electron chi connectivity index (χ2n) is 4.19. The minimum absolute atomic E-state index is 0.0270. The maximum atomic E-state index is 11.9. The van der Waals surface area contributed by atoms with Gasteiger partial charge < -0.3 is 15.0 Å². The third kappa shape index (κ3) is 5.09. The van der Waals surface area contributed by atoms with Gasteiger partial charge in [0.05, 0.1) is 6.61 Å². The van der Waals surface area contributed by atoms with Crippen molar-refractivity contribution in [1.29, 1.82) is 0 Å². The van der Waals surface area contributed by atoms with Gasteiger partial charge in [0, 0.05) is 31.5 Å². The molecule has 5 nitrogen and oxygen atoms in total. The molecule has 104 valence electrons. The minimum atomic E-state index is -0.222. The highest BCUT2D eigenvalue weighted by Gasteiger charge is 2.09. The molecular formula is C14H20N2O3. The smallest absolute Gasteiger partial charge is 0.321 e. The zero-order valence-corrected chi connectivity index (χ0v) is 11.6. The van der Waals surface area contributed by atoms with E-state index in [0.29, 0.717) is 31.0 Å². The van der Waals surface area contributed by atoms with Crippen molar-refractivity contribution in [2.75, 3.05) is 32.1 Å². The highest BCUT2D eigenvalue weighted by molar-refractivity contribution is 5.96. The van der Waals surface area contributed by atoms with E-state index in [4.69, 9.17) is 4.74 Å². The molecule has 2 amide bonds. The summed E-state index contributed by atoms with van der Waals surface area (Å²) in [5, 5.41) is 2.74. The Morgan fingerprint density at radius 2 is 2.11 bits per heavy atom. The van der Waals surface area contributed by atoms with Crippen LogP contribution in [0.25, 0.3) is 0 Å². The van der Waals surface area contributed by atoms with E-state index in [0.717, 1.165) is 0 Å². The average molecular weight is 264 g/mol. The Morgan fingerprint density at radius 1 is 1.37 bits per heavy atom. The van der Waals surface area contributed by atoms with E-state index in [1.807, 2.05) is 6.92 Å². The molecule has 0 saturated carbocycles. The summed E-state index contributed by atoms with van der Waals surface area (Å²) in [5.74, 6) is -0.0270. The fourth-order valence-electron chi connectivity index (χ4n) is 1.48. The van der Waals surface area contributed by atoms with Gasteiger partial charge in [-0.15, -0.1) is 0 Å². The van der Waals surface area contributed by atoms with E-state index >= 15 is 0 Å². The van der Waals surface area contributed by atoms with Gasteiger partial charge in [0.2, 0.25) is 0 Å². The summed E-state index contributed by atoms with van der Waals surface area (Å²) in [7, 11) is 1.70. The van der Waals surface area contributed by atoms with Crippen LogP contribution in [0.5, 0.6) is 0 Å². The Kier molecular flexibility index (Phi) is 6.02. The zero-order chi connectivity index (χ0) is 14.3. The molecule has 0 atom stereocenters. The fraction of sp³-hybridized carbons (Fsp3) is 0.429. The first kappa shape index (κ1) is 15.2. The molecule has 0 spiro atoms. The number of urea groups is 1. The maximum absolute atomic E-state index is 11.9. The summed E-state index contributed by atoms with van der Waals surface area (Å²) in [6.45, 7) is 5.07. The van der Waals surface area contributed by atoms with Gasteiger partial charge in [0.25, 0.3) is 0 Å². The lowest BCUT2D eigenvalue weighted by Crippen LogP contribution is -2.34. The quantitative estimate of drug-likeness (QED) is 0.634. The molecule has 0 saturated heterocycles. The topological polar surface area (TPSA) is 58.6 Å². The van der Waals surface area contributed by atoms with Crippen molar-refractivity contribution >= 4 is 17.5 Å². The summed E-state index contributed by atoms with van der Waals surface area (Å²) >= 11 is 0. The van der Waals surface area contributed by atoms with Gasteiger partial charge in [-0.25, -0.2) is 4.79 Å². The number of amides is 2. The van der Waals surface area contributed by atoms with Crippen molar-refractivity contribution in [2.24, 2.45) is 0 Å². The van der Waals surface area contributed by atoms with Gasteiger partial charge in [-0.05, 0) is 26.0 Å². The van der Waals surface area contributed by atoms with Gasteiger partial charge in [-0.1, -0.05) is 12.1 Å².